The van der Waals surface area contributed by atoms with Crippen molar-refractivity contribution in [3.05, 3.63) is 102 Å². The first kappa shape index (κ1) is 20.8. The highest BCUT2D eigenvalue weighted by Gasteiger charge is 2.15. The van der Waals surface area contributed by atoms with Gasteiger partial charge in [0, 0.05) is 30.2 Å². The zero-order chi connectivity index (χ0) is 21.8. The molecule has 4 aromatic rings. The van der Waals surface area contributed by atoms with Crippen molar-refractivity contribution in [2.24, 2.45) is 5.14 Å². The van der Waals surface area contributed by atoms with Crippen LogP contribution in [0.4, 0.5) is 0 Å². The minimum atomic E-state index is -3.70. The van der Waals surface area contributed by atoms with Crippen molar-refractivity contribution in [3.8, 4) is 0 Å². The highest BCUT2D eigenvalue weighted by Crippen LogP contribution is 2.22. The average Bonchev–Trinajstić information content (AvgIpc) is 3.13. The number of para-hydroxylation sites is 1. The van der Waals surface area contributed by atoms with Gasteiger partial charge >= 0.3 is 0 Å². The van der Waals surface area contributed by atoms with E-state index in [9.17, 15) is 13.2 Å². The zero-order valence-electron chi connectivity index (χ0n) is 16.9. The van der Waals surface area contributed by atoms with Crippen LogP contribution in [0.25, 0.3) is 10.9 Å². The molecule has 6 nitrogen and oxygen atoms in total. The molecule has 0 unspecified atom stereocenters. The molecule has 1 heterocycles. The van der Waals surface area contributed by atoms with Gasteiger partial charge in [-0.15, -0.1) is 0 Å². The van der Waals surface area contributed by atoms with Gasteiger partial charge in [-0.1, -0.05) is 60.7 Å². The molecule has 0 atom stereocenters. The Morgan fingerprint density at radius 3 is 2.26 bits per heavy atom. The molecule has 0 aliphatic heterocycles. The maximum absolute atomic E-state index is 12.9. The second-order valence-corrected chi connectivity index (χ2v) is 8.93. The SMILES string of the molecule is NS(=O)(=O)c1ccc(CCNC(=O)c2cn(Cc3ccccc3)c3ccccc23)cc1. The fourth-order valence-electron chi connectivity index (χ4n) is 3.60. The lowest BCUT2D eigenvalue weighted by molar-refractivity contribution is 0.0955. The Balaban J connectivity index is 1.46. The van der Waals surface area contributed by atoms with Gasteiger partial charge in [-0.25, -0.2) is 13.6 Å². The minimum Gasteiger partial charge on any atom is -0.352 e. The van der Waals surface area contributed by atoms with Gasteiger partial charge in [0.2, 0.25) is 10.0 Å². The van der Waals surface area contributed by atoms with E-state index in [1.54, 1.807) is 12.1 Å². The summed E-state index contributed by atoms with van der Waals surface area (Å²) in [7, 11) is -3.70. The second-order valence-electron chi connectivity index (χ2n) is 7.37. The van der Waals surface area contributed by atoms with E-state index < -0.39 is 10.0 Å². The second kappa shape index (κ2) is 8.75. The van der Waals surface area contributed by atoms with Gasteiger partial charge in [0.1, 0.15) is 0 Å². The van der Waals surface area contributed by atoms with E-state index in [0.29, 0.717) is 25.1 Å². The first-order valence-electron chi connectivity index (χ1n) is 9.93. The van der Waals surface area contributed by atoms with Crippen LogP contribution >= 0.6 is 0 Å². The Bertz CT molecular complexity index is 1310. The number of amides is 1. The predicted molar refractivity (Wildman–Crippen MR) is 121 cm³/mol. The number of rotatable bonds is 7. The zero-order valence-corrected chi connectivity index (χ0v) is 17.7. The standard InChI is InChI=1S/C24H23N3O3S/c25-31(29,30)20-12-10-18(11-13-20)14-15-26-24(28)22-17-27(16-19-6-2-1-3-7-19)23-9-5-4-8-21(22)23/h1-13,17H,14-16H2,(H,26,28)(H2,25,29,30). The Kier molecular flexibility index (Phi) is 5.88. The van der Waals surface area contributed by atoms with Crippen molar-refractivity contribution in [2.45, 2.75) is 17.9 Å². The minimum absolute atomic E-state index is 0.0755. The molecular weight excluding hydrogens is 410 g/mol. The van der Waals surface area contributed by atoms with E-state index in [1.807, 2.05) is 48.7 Å². The number of primary sulfonamides is 1. The van der Waals surface area contributed by atoms with Gasteiger partial charge in [-0.2, -0.15) is 0 Å². The van der Waals surface area contributed by atoms with Crippen molar-refractivity contribution in [1.82, 2.24) is 9.88 Å². The number of carbonyl (C=O) groups is 1. The van der Waals surface area contributed by atoms with Crippen LogP contribution in [-0.2, 0) is 23.0 Å². The van der Waals surface area contributed by atoms with E-state index in [-0.39, 0.29) is 10.8 Å². The van der Waals surface area contributed by atoms with E-state index in [0.717, 1.165) is 22.0 Å². The molecule has 3 aromatic carbocycles. The normalized spacial score (nSPS) is 11.5. The third-order valence-corrected chi connectivity index (χ3v) is 6.11. The van der Waals surface area contributed by atoms with E-state index >= 15 is 0 Å². The molecule has 1 amide bonds. The molecule has 4 rings (SSSR count). The molecule has 31 heavy (non-hydrogen) atoms. The quantitative estimate of drug-likeness (QED) is 0.468. The number of nitrogens with one attached hydrogen (secondary N) is 1. The third kappa shape index (κ3) is 4.84. The molecule has 0 aliphatic rings. The number of sulfonamides is 1. The largest absolute Gasteiger partial charge is 0.352 e. The van der Waals surface area contributed by atoms with Gasteiger partial charge in [-0.05, 0) is 35.7 Å². The highest BCUT2D eigenvalue weighted by molar-refractivity contribution is 7.89. The number of benzene rings is 3. The number of aromatic nitrogens is 1. The Hall–Kier alpha value is -3.42. The van der Waals surface area contributed by atoms with Crippen LogP contribution in [-0.4, -0.2) is 25.4 Å². The van der Waals surface area contributed by atoms with Gasteiger partial charge in [-0.3, -0.25) is 4.79 Å². The van der Waals surface area contributed by atoms with Crippen molar-refractivity contribution in [2.75, 3.05) is 6.54 Å². The lowest BCUT2D eigenvalue weighted by Crippen LogP contribution is -2.25. The van der Waals surface area contributed by atoms with Crippen molar-refractivity contribution >= 4 is 26.8 Å². The predicted octanol–water partition coefficient (Wildman–Crippen LogP) is 3.31. The summed E-state index contributed by atoms with van der Waals surface area (Å²) in [5, 5.41) is 9.00. The maximum Gasteiger partial charge on any atom is 0.253 e. The van der Waals surface area contributed by atoms with Crippen molar-refractivity contribution in [1.29, 1.82) is 0 Å². The van der Waals surface area contributed by atoms with Crippen LogP contribution < -0.4 is 10.5 Å². The number of nitrogens with zero attached hydrogens (tertiary/aromatic N) is 1. The molecule has 0 saturated carbocycles. The fraction of sp³-hybridized carbons (Fsp3) is 0.125. The van der Waals surface area contributed by atoms with Crippen LogP contribution in [0.15, 0.2) is 90.0 Å². The van der Waals surface area contributed by atoms with Crippen LogP contribution in [0, 0.1) is 0 Å². The van der Waals surface area contributed by atoms with Crippen LogP contribution in [0.1, 0.15) is 21.5 Å². The first-order chi connectivity index (χ1) is 14.9. The Labute approximate surface area is 181 Å². The summed E-state index contributed by atoms with van der Waals surface area (Å²) in [5.74, 6) is -0.135. The molecule has 0 radical (unpaired) electrons. The smallest absolute Gasteiger partial charge is 0.253 e. The van der Waals surface area contributed by atoms with Crippen molar-refractivity contribution in [3.63, 3.8) is 0 Å². The van der Waals surface area contributed by atoms with Crippen LogP contribution in [0.5, 0.6) is 0 Å². The van der Waals surface area contributed by atoms with Crippen LogP contribution in [0.2, 0.25) is 0 Å². The van der Waals surface area contributed by atoms with Gasteiger partial charge in [0.15, 0.2) is 0 Å². The molecule has 0 fully saturated rings. The molecule has 0 aliphatic carbocycles. The third-order valence-electron chi connectivity index (χ3n) is 5.18. The lowest BCUT2D eigenvalue weighted by atomic mass is 10.1. The summed E-state index contributed by atoms with van der Waals surface area (Å²) < 4.78 is 24.8. The Morgan fingerprint density at radius 1 is 0.871 bits per heavy atom. The first-order valence-corrected chi connectivity index (χ1v) is 11.5. The van der Waals surface area contributed by atoms with E-state index in [1.165, 1.54) is 12.1 Å². The molecule has 0 spiro atoms. The van der Waals surface area contributed by atoms with Gasteiger partial charge in [0.25, 0.3) is 5.91 Å². The van der Waals surface area contributed by atoms with E-state index in [4.69, 9.17) is 5.14 Å². The topological polar surface area (TPSA) is 94.2 Å². The van der Waals surface area contributed by atoms with Gasteiger partial charge < -0.3 is 9.88 Å². The molecule has 7 heteroatoms. The number of hydrogen-bond donors (Lipinski definition) is 2. The Morgan fingerprint density at radius 2 is 1.55 bits per heavy atom. The number of carbonyl (C=O) groups excluding carboxylic acids is 1. The van der Waals surface area contributed by atoms with Crippen molar-refractivity contribution < 1.29 is 13.2 Å². The number of hydrogen-bond acceptors (Lipinski definition) is 3. The summed E-state index contributed by atoms with van der Waals surface area (Å²) in [4.78, 5) is 13.0. The summed E-state index contributed by atoms with van der Waals surface area (Å²) in [6.07, 6.45) is 2.48. The maximum atomic E-state index is 12.9. The molecule has 0 saturated heterocycles. The molecular formula is C24H23N3O3S. The number of fused-ring (bicyclic) bond motifs is 1. The summed E-state index contributed by atoms with van der Waals surface area (Å²) in [6, 6.07) is 24.4. The molecule has 1 aromatic heterocycles. The summed E-state index contributed by atoms with van der Waals surface area (Å²) in [5.41, 5.74) is 3.73. The molecule has 158 valence electrons. The molecule has 0 bridgehead atoms. The summed E-state index contributed by atoms with van der Waals surface area (Å²) in [6.45, 7) is 1.12. The van der Waals surface area contributed by atoms with Crippen LogP contribution in [0.3, 0.4) is 0 Å². The van der Waals surface area contributed by atoms with Gasteiger partial charge in [0.05, 0.1) is 10.5 Å². The summed E-state index contributed by atoms with van der Waals surface area (Å²) >= 11 is 0. The highest BCUT2D eigenvalue weighted by atomic mass is 32.2. The average molecular weight is 434 g/mol. The number of nitrogens with two attached hydrogens (primary N) is 1. The monoisotopic (exact) mass is 433 g/mol. The fourth-order valence-corrected chi connectivity index (χ4v) is 4.12. The van der Waals surface area contributed by atoms with E-state index in [2.05, 4.69) is 22.0 Å². The molecule has 3 N–H and O–H groups in total. The lowest BCUT2D eigenvalue weighted by Gasteiger charge is -2.06.